The first-order chi connectivity index (χ1) is 17.5. The second-order valence-corrected chi connectivity index (χ2v) is 7.91. The van der Waals surface area contributed by atoms with E-state index in [-0.39, 0.29) is 35.6 Å². The summed E-state index contributed by atoms with van der Waals surface area (Å²) in [6, 6.07) is 22.3. The molecule has 3 aromatic carbocycles. The van der Waals surface area contributed by atoms with Crippen LogP contribution in [0.3, 0.4) is 0 Å². The number of benzene rings is 3. The summed E-state index contributed by atoms with van der Waals surface area (Å²) in [6.45, 7) is -0.173. The minimum absolute atomic E-state index is 0.0866. The fraction of sp³-hybridized carbons (Fsp3) is 0.0714. The number of carbonyl (C=O) groups is 2. The summed E-state index contributed by atoms with van der Waals surface area (Å²) in [4.78, 5) is 49.3. The Morgan fingerprint density at radius 1 is 0.583 bits per heavy atom. The second kappa shape index (κ2) is 9.71. The van der Waals surface area contributed by atoms with Crippen molar-refractivity contribution in [3.05, 3.63) is 128 Å². The summed E-state index contributed by atoms with van der Waals surface area (Å²) in [7, 11) is 0. The van der Waals surface area contributed by atoms with Crippen molar-refractivity contribution in [1.29, 1.82) is 0 Å². The summed E-state index contributed by atoms with van der Waals surface area (Å²) >= 11 is 0. The van der Waals surface area contributed by atoms with Crippen LogP contribution in [0.5, 0.6) is 0 Å². The van der Waals surface area contributed by atoms with Gasteiger partial charge in [-0.3, -0.25) is 9.59 Å². The van der Waals surface area contributed by atoms with Gasteiger partial charge in [-0.15, -0.1) is 0 Å². The molecule has 0 aliphatic carbocycles. The molecule has 5 aromatic rings. The minimum atomic E-state index is -0.777. The number of ether oxygens (including phenoxy) is 2. The molecule has 0 saturated heterocycles. The van der Waals surface area contributed by atoms with Crippen molar-refractivity contribution in [3.63, 3.8) is 0 Å². The number of rotatable bonds is 6. The molecule has 178 valence electrons. The van der Waals surface area contributed by atoms with Crippen molar-refractivity contribution in [3.8, 4) is 0 Å². The van der Waals surface area contributed by atoms with E-state index >= 15 is 0 Å². The minimum Gasteiger partial charge on any atom is -0.455 e. The third-order valence-corrected chi connectivity index (χ3v) is 5.40. The highest BCUT2D eigenvalue weighted by Gasteiger charge is 2.16. The lowest BCUT2D eigenvalue weighted by Gasteiger charge is -2.08. The summed E-state index contributed by atoms with van der Waals surface area (Å²) in [5.74, 6) is -1.94. The third-order valence-electron chi connectivity index (χ3n) is 5.40. The van der Waals surface area contributed by atoms with Gasteiger partial charge in [-0.05, 0) is 41.5 Å². The highest BCUT2D eigenvalue weighted by molar-refractivity contribution is 5.89. The molecule has 8 nitrogen and oxygen atoms in total. The normalized spacial score (nSPS) is 10.9. The van der Waals surface area contributed by atoms with Crippen LogP contribution in [0.25, 0.3) is 21.9 Å². The number of para-hydroxylation sites is 2. The Labute approximate surface area is 203 Å². The van der Waals surface area contributed by atoms with Crippen molar-refractivity contribution < 1.29 is 27.9 Å². The van der Waals surface area contributed by atoms with E-state index in [1.54, 1.807) is 72.8 Å². The summed E-state index contributed by atoms with van der Waals surface area (Å²) in [5, 5.41) is 0.749. The van der Waals surface area contributed by atoms with E-state index in [2.05, 4.69) is 0 Å². The zero-order valence-corrected chi connectivity index (χ0v) is 18.8. The molecule has 0 bridgehead atoms. The van der Waals surface area contributed by atoms with Gasteiger partial charge in [0.2, 0.25) is 11.5 Å². The van der Waals surface area contributed by atoms with Crippen molar-refractivity contribution in [2.24, 2.45) is 0 Å². The first-order valence-corrected chi connectivity index (χ1v) is 11.0. The number of fused-ring (bicyclic) bond motifs is 2. The predicted octanol–water partition coefficient (Wildman–Crippen LogP) is 4.61. The molecular formula is C28H18O8. The molecule has 0 spiro atoms. The van der Waals surface area contributed by atoms with Gasteiger partial charge in [-0.25, -0.2) is 9.59 Å². The lowest BCUT2D eigenvalue weighted by molar-refractivity contribution is 0.0436. The lowest BCUT2D eigenvalue weighted by Crippen LogP contribution is -2.11. The van der Waals surface area contributed by atoms with Gasteiger partial charge < -0.3 is 18.3 Å². The second-order valence-electron chi connectivity index (χ2n) is 7.91. The van der Waals surface area contributed by atoms with Crippen LogP contribution in [0.2, 0.25) is 0 Å². The molecule has 0 fully saturated rings. The van der Waals surface area contributed by atoms with Gasteiger partial charge in [0.05, 0.1) is 10.8 Å². The van der Waals surface area contributed by atoms with E-state index < -0.39 is 11.9 Å². The van der Waals surface area contributed by atoms with Gasteiger partial charge in [0.15, 0.2) is 10.9 Å². The summed E-state index contributed by atoms with van der Waals surface area (Å²) in [6.07, 6.45) is 0. The molecule has 2 aromatic heterocycles. The quantitative estimate of drug-likeness (QED) is 0.322. The molecule has 8 heteroatoms. The van der Waals surface area contributed by atoms with Crippen LogP contribution in [0.4, 0.5) is 0 Å². The molecule has 0 aliphatic rings. The van der Waals surface area contributed by atoms with Gasteiger partial charge in [0.25, 0.3) is 0 Å². The molecule has 0 atom stereocenters. The molecule has 0 amide bonds. The van der Waals surface area contributed by atoms with E-state index in [1.165, 1.54) is 0 Å². The smallest absolute Gasteiger partial charge is 0.374 e. The Kier molecular flexibility index (Phi) is 6.15. The van der Waals surface area contributed by atoms with Crippen LogP contribution >= 0.6 is 0 Å². The Balaban J connectivity index is 1.23. The van der Waals surface area contributed by atoms with Crippen LogP contribution in [-0.4, -0.2) is 11.9 Å². The largest absolute Gasteiger partial charge is 0.455 e. The van der Waals surface area contributed by atoms with Crippen LogP contribution < -0.4 is 10.9 Å². The first kappa shape index (κ1) is 22.8. The van der Waals surface area contributed by atoms with Gasteiger partial charge in [0, 0.05) is 12.1 Å². The Morgan fingerprint density at radius 3 is 1.50 bits per heavy atom. The van der Waals surface area contributed by atoms with Gasteiger partial charge in [-0.1, -0.05) is 42.5 Å². The van der Waals surface area contributed by atoms with Crippen molar-refractivity contribution in [1.82, 2.24) is 0 Å². The van der Waals surface area contributed by atoms with Crippen molar-refractivity contribution >= 4 is 33.9 Å². The maximum absolute atomic E-state index is 12.4. The number of carbonyl (C=O) groups excluding carboxylic acids is 2. The van der Waals surface area contributed by atoms with Crippen molar-refractivity contribution in [2.45, 2.75) is 13.2 Å². The molecule has 36 heavy (non-hydrogen) atoms. The number of hydrogen-bond acceptors (Lipinski definition) is 8. The monoisotopic (exact) mass is 482 g/mol. The van der Waals surface area contributed by atoms with Crippen LogP contribution in [0.15, 0.2) is 103 Å². The Bertz CT molecular complexity index is 1600. The molecule has 0 saturated carbocycles. The zero-order chi connectivity index (χ0) is 25.1. The molecule has 0 unspecified atom stereocenters. The summed E-state index contributed by atoms with van der Waals surface area (Å²) < 4.78 is 21.6. The molecular weight excluding hydrogens is 464 g/mol. The van der Waals surface area contributed by atoms with Gasteiger partial charge in [-0.2, -0.15) is 0 Å². The van der Waals surface area contributed by atoms with Crippen molar-refractivity contribution in [2.75, 3.05) is 0 Å². The first-order valence-electron chi connectivity index (χ1n) is 11.0. The number of hydrogen-bond donors (Lipinski definition) is 0. The zero-order valence-electron chi connectivity index (χ0n) is 18.8. The van der Waals surface area contributed by atoms with E-state index in [1.807, 2.05) is 0 Å². The SMILES string of the molecule is O=C(OCc1cccc(COC(=O)c2cc(=O)c3ccccc3o2)c1)c1cc(=O)c2ccccc2o1. The standard InChI is InChI=1S/C28H18O8/c29-21-13-25(35-23-10-3-1-8-19(21)23)27(31)33-15-17-6-5-7-18(12-17)16-34-28(32)26-14-22(30)20-9-2-4-11-24(20)36-26/h1-14H,15-16H2. The Morgan fingerprint density at radius 2 is 1.03 bits per heavy atom. The molecule has 5 rings (SSSR count). The van der Waals surface area contributed by atoms with E-state index in [4.69, 9.17) is 18.3 Å². The molecule has 0 radical (unpaired) electrons. The average molecular weight is 482 g/mol. The maximum Gasteiger partial charge on any atom is 0.374 e. The van der Waals surface area contributed by atoms with Crippen LogP contribution in [0, 0.1) is 0 Å². The molecule has 0 aliphatic heterocycles. The van der Waals surface area contributed by atoms with Crippen LogP contribution in [-0.2, 0) is 22.7 Å². The molecule has 2 heterocycles. The highest BCUT2D eigenvalue weighted by atomic mass is 16.5. The highest BCUT2D eigenvalue weighted by Crippen LogP contribution is 2.16. The predicted molar refractivity (Wildman–Crippen MR) is 130 cm³/mol. The topological polar surface area (TPSA) is 113 Å². The average Bonchev–Trinajstić information content (AvgIpc) is 2.90. The van der Waals surface area contributed by atoms with Crippen LogP contribution in [0.1, 0.15) is 32.2 Å². The van der Waals surface area contributed by atoms with E-state index in [9.17, 15) is 19.2 Å². The Hall–Kier alpha value is -4.98. The fourth-order valence-electron chi connectivity index (χ4n) is 3.66. The van der Waals surface area contributed by atoms with Gasteiger partial charge >= 0.3 is 11.9 Å². The lowest BCUT2D eigenvalue weighted by atomic mass is 10.1. The summed E-state index contributed by atoms with van der Waals surface area (Å²) in [5.41, 5.74) is 1.19. The maximum atomic E-state index is 12.4. The third kappa shape index (κ3) is 4.78. The van der Waals surface area contributed by atoms with E-state index in [0.717, 1.165) is 12.1 Å². The van der Waals surface area contributed by atoms with Gasteiger partial charge in [0.1, 0.15) is 24.4 Å². The van der Waals surface area contributed by atoms with E-state index in [0.29, 0.717) is 33.1 Å². The molecule has 0 N–H and O–H groups in total. The number of esters is 2. The fourth-order valence-corrected chi connectivity index (χ4v) is 3.66.